The minimum atomic E-state index is -1.35. The number of amides is 1. The summed E-state index contributed by atoms with van der Waals surface area (Å²) in [5.74, 6) is -4.04. The summed E-state index contributed by atoms with van der Waals surface area (Å²) in [5.41, 5.74) is -0.233. The highest BCUT2D eigenvalue weighted by atomic mass is 79.9. The van der Waals surface area contributed by atoms with Gasteiger partial charge in [0.25, 0.3) is 5.91 Å². The Labute approximate surface area is 114 Å². The molecule has 1 N–H and O–H groups in total. The fourth-order valence-electron chi connectivity index (χ4n) is 1.37. The molecule has 0 bridgehead atoms. The van der Waals surface area contributed by atoms with Crippen molar-refractivity contribution < 1.29 is 18.0 Å². The first kappa shape index (κ1) is 13.5. The van der Waals surface area contributed by atoms with E-state index in [9.17, 15) is 18.0 Å². The largest absolute Gasteiger partial charge is 0.322 e. The highest BCUT2D eigenvalue weighted by Gasteiger charge is 2.16. The second kappa shape index (κ2) is 5.40. The molecule has 0 unspecified atom stereocenters. The van der Waals surface area contributed by atoms with Crippen LogP contribution in [0.2, 0.25) is 0 Å². The average Bonchev–Trinajstić information content (AvgIpc) is 2.37. The number of carbonyl (C=O) groups excluding carboxylic acids is 1. The van der Waals surface area contributed by atoms with E-state index in [-0.39, 0.29) is 10.2 Å². The third kappa shape index (κ3) is 2.93. The molecule has 1 aromatic heterocycles. The van der Waals surface area contributed by atoms with Gasteiger partial charge in [0.1, 0.15) is 5.82 Å². The Bertz CT molecular complexity index is 649. The van der Waals surface area contributed by atoms with Crippen molar-refractivity contribution in [1.29, 1.82) is 0 Å². The Balaban J connectivity index is 2.26. The van der Waals surface area contributed by atoms with Gasteiger partial charge in [-0.2, -0.15) is 4.39 Å². The van der Waals surface area contributed by atoms with Crippen molar-refractivity contribution in [3.8, 4) is 0 Å². The van der Waals surface area contributed by atoms with E-state index in [1.54, 1.807) is 0 Å². The molecule has 0 saturated heterocycles. The number of halogens is 4. The standard InChI is InChI=1S/C12H6BrF3N2O/c13-8-5-6(1-2-9(8)14)18-12(19)7-3-4-17-11(16)10(7)15/h1-5H,(H,18,19). The van der Waals surface area contributed by atoms with Gasteiger partial charge >= 0.3 is 0 Å². The Morgan fingerprint density at radius 1 is 1.21 bits per heavy atom. The van der Waals surface area contributed by atoms with Crippen molar-refractivity contribution in [2.75, 3.05) is 5.32 Å². The quantitative estimate of drug-likeness (QED) is 0.856. The maximum absolute atomic E-state index is 13.3. The molecule has 3 nitrogen and oxygen atoms in total. The van der Waals surface area contributed by atoms with Crippen molar-refractivity contribution in [3.05, 3.63) is 58.1 Å². The number of benzene rings is 1. The van der Waals surface area contributed by atoms with E-state index in [1.165, 1.54) is 12.1 Å². The van der Waals surface area contributed by atoms with Crippen LogP contribution >= 0.6 is 15.9 Å². The maximum atomic E-state index is 13.3. The van der Waals surface area contributed by atoms with Crippen LogP contribution in [0.3, 0.4) is 0 Å². The zero-order valence-electron chi connectivity index (χ0n) is 9.25. The second-order valence-corrected chi connectivity index (χ2v) is 4.40. The molecule has 98 valence electrons. The average molecular weight is 331 g/mol. The first-order valence-corrected chi connectivity index (χ1v) is 5.84. The van der Waals surface area contributed by atoms with Gasteiger partial charge < -0.3 is 5.32 Å². The number of nitrogens with one attached hydrogen (secondary N) is 1. The lowest BCUT2D eigenvalue weighted by Gasteiger charge is -2.06. The molecule has 2 aromatic rings. The first-order chi connectivity index (χ1) is 8.99. The fraction of sp³-hybridized carbons (Fsp3) is 0. The molecule has 0 aliphatic heterocycles. The molecule has 0 aliphatic carbocycles. The fourth-order valence-corrected chi connectivity index (χ4v) is 1.74. The summed E-state index contributed by atoms with van der Waals surface area (Å²) in [4.78, 5) is 14.8. The third-order valence-electron chi connectivity index (χ3n) is 2.27. The number of aromatic nitrogens is 1. The Morgan fingerprint density at radius 3 is 2.63 bits per heavy atom. The van der Waals surface area contributed by atoms with E-state index < -0.39 is 29.1 Å². The van der Waals surface area contributed by atoms with Crippen molar-refractivity contribution in [2.45, 2.75) is 0 Å². The first-order valence-electron chi connectivity index (χ1n) is 5.05. The molecule has 1 amide bonds. The van der Waals surface area contributed by atoms with Gasteiger partial charge in [0.05, 0.1) is 10.0 Å². The summed E-state index contributed by atoms with van der Waals surface area (Å²) in [6.45, 7) is 0. The second-order valence-electron chi connectivity index (χ2n) is 3.55. The molecule has 0 atom stereocenters. The van der Waals surface area contributed by atoms with Gasteiger partial charge in [-0.05, 0) is 40.2 Å². The van der Waals surface area contributed by atoms with Crippen LogP contribution < -0.4 is 5.32 Å². The summed E-state index contributed by atoms with van der Waals surface area (Å²) < 4.78 is 39.3. The third-order valence-corrected chi connectivity index (χ3v) is 2.88. The van der Waals surface area contributed by atoms with Crippen LogP contribution in [0, 0.1) is 17.6 Å². The number of pyridine rings is 1. The van der Waals surface area contributed by atoms with Gasteiger partial charge in [0, 0.05) is 11.9 Å². The van der Waals surface area contributed by atoms with Crippen LogP contribution in [0.15, 0.2) is 34.9 Å². The number of hydrogen-bond donors (Lipinski definition) is 1. The lowest BCUT2D eigenvalue weighted by Crippen LogP contribution is -2.15. The van der Waals surface area contributed by atoms with Gasteiger partial charge in [-0.15, -0.1) is 0 Å². The zero-order chi connectivity index (χ0) is 14.0. The maximum Gasteiger partial charge on any atom is 0.258 e. The molecule has 0 spiro atoms. The topological polar surface area (TPSA) is 42.0 Å². The number of carbonyl (C=O) groups is 1. The summed E-state index contributed by atoms with van der Waals surface area (Å²) in [6, 6.07) is 4.78. The molecule has 7 heteroatoms. The van der Waals surface area contributed by atoms with Gasteiger partial charge in [-0.1, -0.05) is 0 Å². The van der Waals surface area contributed by atoms with Gasteiger partial charge in [-0.25, -0.2) is 13.8 Å². The molecular weight excluding hydrogens is 325 g/mol. The van der Waals surface area contributed by atoms with Crippen molar-refractivity contribution in [2.24, 2.45) is 0 Å². The van der Waals surface area contributed by atoms with Crippen LogP contribution in [-0.2, 0) is 0 Å². The molecular formula is C12H6BrF3N2O. The minimum Gasteiger partial charge on any atom is -0.322 e. The molecule has 2 rings (SSSR count). The number of hydrogen-bond acceptors (Lipinski definition) is 2. The monoisotopic (exact) mass is 330 g/mol. The predicted octanol–water partition coefficient (Wildman–Crippen LogP) is 3.51. The molecule has 1 aromatic carbocycles. The normalized spacial score (nSPS) is 10.3. The lowest BCUT2D eigenvalue weighted by molar-refractivity contribution is 0.102. The summed E-state index contributed by atoms with van der Waals surface area (Å²) >= 11 is 2.95. The number of rotatable bonds is 2. The molecule has 19 heavy (non-hydrogen) atoms. The molecule has 0 saturated carbocycles. The Hall–Kier alpha value is -1.89. The Kier molecular flexibility index (Phi) is 3.84. The van der Waals surface area contributed by atoms with E-state index in [4.69, 9.17) is 0 Å². The minimum absolute atomic E-state index is 0.145. The lowest BCUT2D eigenvalue weighted by atomic mass is 10.2. The van der Waals surface area contributed by atoms with Gasteiger partial charge in [-0.3, -0.25) is 4.79 Å². The van der Waals surface area contributed by atoms with Crippen LogP contribution in [0.1, 0.15) is 10.4 Å². The van der Waals surface area contributed by atoms with E-state index >= 15 is 0 Å². The number of anilines is 1. The molecule has 0 radical (unpaired) electrons. The van der Waals surface area contributed by atoms with Crippen LogP contribution in [-0.4, -0.2) is 10.9 Å². The molecule has 0 fully saturated rings. The summed E-state index contributed by atoms with van der Waals surface area (Å²) in [5, 5.41) is 2.32. The SMILES string of the molecule is O=C(Nc1ccc(F)c(Br)c1)c1ccnc(F)c1F. The van der Waals surface area contributed by atoms with Gasteiger partial charge in [0.15, 0.2) is 5.82 Å². The van der Waals surface area contributed by atoms with Crippen molar-refractivity contribution in [3.63, 3.8) is 0 Å². The molecule has 0 aliphatic rings. The number of nitrogens with zero attached hydrogens (tertiary/aromatic N) is 1. The summed E-state index contributed by atoms with van der Waals surface area (Å²) in [7, 11) is 0. The van der Waals surface area contributed by atoms with Crippen LogP contribution in [0.4, 0.5) is 18.9 Å². The van der Waals surface area contributed by atoms with E-state index in [2.05, 4.69) is 26.2 Å². The smallest absolute Gasteiger partial charge is 0.258 e. The summed E-state index contributed by atoms with van der Waals surface area (Å²) in [6.07, 6.45) is 0.980. The van der Waals surface area contributed by atoms with Crippen LogP contribution in [0.25, 0.3) is 0 Å². The van der Waals surface area contributed by atoms with Crippen molar-refractivity contribution in [1.82, 2.24) is 4.98 Å². The molecule has 1 heterocycles. The van der Waals surface area contributed by atoms with E-state index in [1.807, 2.05) is 0 Å². The van der Waals surface area contributed by atoms with Crippen LogP contribution in [0.5, 0.6) is 0 Å². The zero-order valence-corrected chi connectivity index (χ0v) is 10.8. The van der Waals surface area contributed by atoms with E-state index in [0.717, 1.165) is 18.3 Å². The van der Waals surface area contributed by atoms with E-state index in [0.29, 0.717) is 0 Å². The Morgan fingerprint density at radius 2 is 1.95 bits per heavy atom. The highest BCUT2D eigenvalue weighted by Crippen LogP contribution is 2.21. The van der Waals surface area contributed by atoms with Crippen molar-refractivity contribution >= 4 is 27.5 Å². The highest BCUT2D eigenvalue weighted by molar-refractivity contribution is 9.10. The predicted molar refractivity (Wildman–Crippen MR) is 66.2 cm³/mol. The van der Waals surface area contributed by atoms with Gasteiger partial charge in [0.2, 0.25) is 5.95 Å².